The summed E-state index contributed by atoms with van der Waals surface area (Å²) < 4.78 is 5.77. The zero-order chi connectivity index (χ0) is 10.1. The van der Waals surface area contributed by atoms with E-state index in [0.717, 1.165) is 42.8 Å². The van der Waals surface area contributed by atoms with E-state index in [1.807, 2.05) is 0 Å². The minimum atomic E-state index is 0.750. The van der Waals surface area contributed by atoms with Gasteiger partial charge in [-0.05, 0) is 42.4 Å². The maximum absolute atomic E-state index is 5.77. The normalized spacial score (nSPS) is 37.5. The van der Waals surface area contributed by atoms with Crippen molar-refractivity contribution in [2.75, 3.05) is 13.2 Å². The molecular formula is C13H24O. The second-order valence-corrected chi connectivity index (χ2v) is 5.62. The average molecular weight is 196 g/mol. The summed E-state index contributed by atoms with van der Waals surface area (Å²) in [6.07, 6.45) is 4.14. The molecule has 0 amide bonds. The Morgan fingerprint density at radius 3 is 2.43 bits per heavy atom. The zero-order valence-electron chi connectivity index (χ0n) is 9.83. The van der Waals surface area contributed by atoms with Gasteiger partial charge in [-0.2, -0.15) is 0 Å². The van der Waals surface area contributed by atoms with Crippen LogP contribution >= 0.6 is 0 Å². The molecule has 4 unspecified atom stereocenters. The summed E-state index contributed by atoms with van der Waals surface area (Å²) in [5.74, 6) is 4.79. The topological polar surface area (TPSA) is 9.23 Å². The molecule has 0 heterocycles. The lowest BCUT2D eigenvalue weighted by molar-refractivity contribution is 0.0793. The fourth-order valence-corrected chi connectivity index (χ4v) is 2.49. The van der Waals surface area contributed by atoms with Crippen molar-refractivity contribution in [2.45, 2.75) is 40.0 Å². The third kappa shape index (κ3) is 2.50. The van der Waals surface area contributed by atoms with Gasteiger partial charge in [-0.15, -0.1) is 0 Å². The first-order chi connectivity index (χ1) is 6.72. The van der Waals surface area contributed by atoms with Crippen LogP contribution in [0.15, 0.2) is 0 Å². The lowest BCUT2D eigenvalue weighted by Gasteiger charge is -2.16. The van der Waals surface area contributed by atoms with Crippen LogP contribution in [0.3, 0.4) is 0 Å². The maximum atomic E-state index is 5.77. The molecule has 0 saturated heterocycles. The Kier molecular flexibility index (Phi) is 3.16. The summed E-state index contributed by atoms with van der Waals surface area (Å²) in [5, 5.41) is 0. The molecule has 0 radical (unpaired) electrons. The Labute approximate surface area is 88.2 Å². The van der Waals surface area contributed by atoms with Crippen molar-refractivity contribution < 1.29 is 4.74 Å². The first-order valence-electron chi connectivity index (χ1n) is 6.30. The summed E-state index contributed by atoms with van der Waals surface area (Å²) in [6, 6.07) is 0. The molecule has 14 heavy (non-hydrogen) atoms. The SMILES string of the molecule is CCC(C)CC(C)COCC1C2CC12. The van der Waals surface area contributed by atoms with Gasteiger partial charge in [0.15, 0.2) is 0 Å². The molecule has 1 heteroatoms. The lowest BCUT2D eigenvalue weighted by atomic mass is 9.96. The van der Waals surface area contributed by atoms with Crippen LogP contribution in [0, 0.1) is 29.6 Å². The van der Waals surface area contributed by atoms with Gasteiger partial charge in [0.2, 0.25) is 0 Å². The first-order valence-corrected chi connectivity index (χ1v) is 6.30. The van der Waals surface area contributed by atoms with Gasteiger partial charge in [-0.1, -0.05) is 27.2 Å². The highest BCUT2D eigenvalue weighted by molar-refractivity contribution is 5.11. The van der Waals surface area contributed by atoms with Crippen LogP contribution in [0.5, 0.6) is 0 Å². The van der Waals surface area contributed by atoms with Gasteiger partial charge < -0.3 is 4.74 Å². The van der Waals surface area contributed by atoms with Crippen LogP contribution in [0.4, 0.5) is 0 Å². The minimum absolute atomic E-state index is 0.750. The molecule has 4 atom stereocenters. The molecule has 2 fully saturated rings. The van der Waals surface area contributed by atoms with Crippen molar-refractivity contribution in [1.29, 1.82) is 0 Å². The van der Waals surface area contributed by atoms with Crippen molar-refractivity contribution in [3.63, 3.8) is 0 Å². The predicted octanol–water partition coefficient (Wildman–Crippen LogP) is 3.34. The smallest absolute Gasteiger partial charge is 0.0499 e. The Balaban J connectivity index is 1.47. The van der Waals surface area contributed by atoms with Gasteiger partial charge in [0, 0.05) is 13.2 Å². The Bertz CT molecular complexity index is 182. The van der Waals surface area contributed by atoms with E-state index in [2.05, 4.69) is 20.8 Å². The molecule has 0 bridgehead atoms. The van der Waals surface area contributed by atoms with Gasteiger partial charge in [-0.3, -0.25) is 0 Å². The van der Waals surface area contributed by atoms with Crippen LogP contribution in [-0.2, 0) is 4.74 Å². The van der Waals surface area contributed by atoms with Gasteiger partial charge >= 0.3 is 0 Å². The largest absolute Gasteiger partial charge is 0.381 e. The van der Waals surface area contributed by atoms with Crippen molar-refractivity contribution >= 4 is 0 Å². The number of rotatable bonds is 7. The standard InChI is InChI=1S/C13H24O/c1-4-9(2)5-10(3)7-14-8-13-11-6-12(11)13/h9-13H,4-8H2,1-3H3. The predicted molar refractivity (Wildman–Crippen MR) is 59.1 cm³/mol. The zero-order valence-corrected chi connectivity index (χ0v) is 9.83. The highest BCUT2D eigenvalue weighted by Gasteiger charge is 2.63. The summed E-state index contributed by atoms with van der Waals surface area (Å²) >= 11 is 0. The molecule has 0 aromatic carbocycles. The third-order valence-electron chi connectivity index (χ3n) is 4.06. The van der Waals surface area contributed by atoms with Crippen LogP contribution in [0.1, 0.15) is 40.0 Å². The molecule has 2 rings (SSSR count). The highest BCUT2D eigenvalue weighted by atomic mass is 16.5. The van der Waals surface area contributed by atoms with Gasteiger partial charge in [0.25, 0.3) is 0 Å². The molecule has 0 spiro atoms. The van der Waals surface area contributed by atoms with E-state index in [1.165, 1.54) is 19.3 Å². The minimum Gasteiger partial charge on any atom is -0.381 e. The van der Waals surface area contributed by atoms with Gasteiger partial charge in [0.1, 0.15) is 0 Å². The van der Waals surface area contributed by atoms with E-state index in [4.69, 9.17) is 4.74 Å². The van der Waals surface area contributed by atoms with Crippen molar-refractivity contribution in [2.24, 2.45) is 29.6 Å². The maximum Gasteiger partial charge on any atom is 0.0499 e. The molecule has 0 aromatic heterocycles. The monoisotopic (exact) mass is 196 g/mol. The van der Waals surface area contributed by atoms with E-state index in [9.17, 15) is 0 Å². The summed E-state index contributed by atoms with van der Waals surface area (Å²) in [5.41, 5.74) is 0. The molecule has 1 nitrogen and oxygen atoms in total. The number of fused-ring (bicyclic) bond motifs is 1. The molecule has 0 N–H and O–H groups in total. The quantitative estimate of drug-likeness (QED) is 0.607. The van der Waals surface area contributed by atoms with Crippen LogP contribution in [0.25, 0.3) is 0 Å². The molecular weight excluding hydrogens is 172 g/mol. The summed E-state index contributed by atoms with van der Waals surface area (Å²) in [4.78, 5) is 0. The number of hydrogen-bond acceptors (Lipinski definition) is 1. The van der Waals surface area contributed by atoms with Gasteiger partial charge in [-0.25, -0.2) is 0 Å². The second-order valence-electron chi connectivity index (χ2n) is 5.62. The molecule has 0 aliphatic heterocycles. The van der Waals surface area contributed by atoms with Crippen LogP contribution in [-0.4, -0.2) is 13.2 Å². The van der Waals surface area contributed by atoms with Crippen molar-refractivity contribution in [3.8, 4) is 0 Å². The first kappa shape index (κ1) is 10.5. The number of ether oxygens (including phenoxy) is 1. The van der Waals surface area contributed by atoms with E-state index in [-0.39, 0.29) is 0 Å². The Morgan fingerprint density at radius 1 is 1.21 bits per heavy atom. The Hall–Kier alpha value is -0.0400. The second kappa shape index (κ2) is 4.22. The molecule has 82 valence electrons. The van der Waals surface area contributed by atoms with E-state index < -0.39 is 0 Å². The number of hydrogen-bond donors (Lipinski definition) is 0. The lowest BCUT2D eigenvalue weighted by Crippen LogP contribution is -2.12. The summed E-state index contributed by atoms with van der Waals surface area (Å²) in [7, 11) is 0. The third-order valence-corrected chi connectivity index (χ3v) is 4.06. The summed E-state index contributed by atoms with van der Waals surface area (Å²) in [6.45, 7) is 8.97. The van der Waals surface area contributed by atoms with E-state index in [1.54, 1.807) is 0 Å². The van der Waals surface area contributed by atoms with Crippen molar-refractivity contribution in [1.82, 2.24) is 0 Å². The Morgan fingerprint density at radius 2 is 1.93 bits per heavy atom. The highest BCUT2D eigenvalue weighted by Crippen LogP contribution is 2.68. The van der Waals surface area contributed by atoms with Crippen molar-refractivity contribution in [3.05, 3.63) is 0 Å². The van der Waals surface area contributed by atoms with Crippen LogP contribution < -0.4 is 0 Å². The fourth-order valence-electron chi connectivity index (χ4n) is 2.49. The van der Waals surface area contributed by atoms with Gasteiger partial charge in [0.05, 0.1) is 0 Å². The molecule has 2 aliphatic carbocycles. The van der Waals surface area contributed by atoms with Crippen LogP contribution in [0.2, 0.25) is 0 Å². The van der Waals surface area contributed by atoms with E-state index >= 15 is 0 Å². The molecule has 0 aromatic rings. The fraction of sp³-hybridized carbons (Fsp3) is 1.00. The van der Waals surface area contributed by atoms with E-state index in [0.29, 0.717) is 0 Å². The average Bonchev–Trinajstić information content (AvgIpc) is 3.00. The molecule has 2 aliphatic rings. The molecule has 2 saturated carbocycles.